The van der Waals surface area contributed by atoms with Crippen molar-refractivity contribution < 1.29 is 89.8 Å². The molecule has 0 saturated carbocycles. The summed E-state index contributed by atoms with van der Waals surface area (Å²) in [5, 5.41) is 0. The molecule has 0 spiro atoms. The van der Waals surface area contributed by atoms with Crippen molar-refractivity contribution in [2.75, 3.05) is 64.5 Å². The second-order valence-electron chi connectivity index (χ2n) is 20.6. The Morgan fingerprint density at radius 1 is 0.512 bits per heavy atom. The van der Waals surface area contributed by atoms with Crippen LogP contribution in [0.25, 0.3) is 0 Å². The molecule has 15 nitrogen and oxygen atoms in total. The first-order valence-corrected chi connectivity index (χ1v) is 31.8. The summed E-state index contributed by atoms with van der Waals surface area (Å²) >= 11 is 0. The Morgan fingerprint density at radius 3 is 0.786 bits per heavy atom. The van der Waals surface area contributed by atoms with Crippen LogP contribution in [-0.2, 0) is 78.6 Å². The number of carbonyl (C=O) groups excluding carboxylic acids is 6. The molecule has 494 valence electrons. The maximum absolute atomic E-state index is 11.6. The summed E-state index contributed by atoms with van der Waals surface area (Å²) in [6.07, 6.45) is -1.32. The zero-order valence-corrected chi connectivity index (χ0v) is 57.9. The molecule has 0 atom stereocenters. The fraction of sp³-hybridized carbons (Fsp3) is 0.600. The Morgan fingerprint density at radius 2 is 0.702 bits per heavy atom. The third-order valence-corrected chi connectivity index (χ3v) is 7.66. The normalized spacial score (nSPS) is 10.1. The lowest BCUT2D eigenvalue weighted by molar-refractivity contribution is -0.327. The molecule has 24 heteroatoms. The Hall–Kier alpha value is -5.33. The van der Waals surface area contributed by atoms with Crippen molar-refractivity contribution in [3.63, 3.8) is 0 Å². The van der Waals surface area contributed by atoms with Gasteiger partial charge in [0.25, 0.3) is 10.1 Å². The summed E-state index contributed by atoms with van der Waals surface area (Å²) in [5.74, 6) is -1.33. The molecule has 0 amide bonds. The molecular weight excluding hydrogens is 1170 g/mol. The lowest BCUT2D eigenvalue weighted by Gasteiger charge is -2.29. The van der Waals surface area contributed by atoms with Crippen molar-refractivity contribution in [2.24, 2.45) is 10.8 Å². The van der Waals surface area contributed by atoms with Gasteiger partial charge >= 0.3 is 30.3 Å². The molecule has 3 aromatic rings. The smallest absolute Gasteiger partial charge is 0.402 e. The van der Waals surface area contributed by atoms with E-state index in [1.165, 1.54) is 85.2 Å². The molecule has 3 rings (SSSR count). The predicted molar refractivity (Wildman–Crippen MR) is 334 cm³/mol. The Labute approximate surface area is 505 Å². The molecule has 0 aliphatic rings. The number of anilines is 1. The lowest BCUT2D eigenvalue weighted by atomic mass is 9.78. The lowest BCUT2D eigenvalue weighted by Crippen LogP contribution is -2.44. The van der Waals surface area contributed by atoms with Crippen LogP contribution >= 0.6 is 0 Å². The van der Waals surface area contributed by atoms with Crippen LogP contribution in [-0.4, -0.2) is 128 Å². The van der Waals surface area contributed by atoms with Gasteiger partial charge in [-0.2, -0.15) is 34.8 Å². The largest absolute Gasteiger partial charge is 0.469 e. The number of nitrogens with zero attached hydrogens (tertiary/aromatic N) is 1. The van der Waals surface area contributed by atoms with Crippen molar-refractivity contribution in [3.05, 3.63) is 102 Å². The number of benzene rings is 3. The molecule has 0 heterocycles. The predicted octanol–water partition coefficient (Wildman–Crippen LogP) is 14.5. The minimum absolute atomic E-state index is 0.0625. The van der Waals surface area contributed by atoms with Crippen LogP contribution in [0.5, 0.6) is 0 Å². The second kappa shape index (κ2) is 55.5. The number of sulfone groups is 1. The third kappa shape index (κ3) is 102. The van der Waals surface area contributed by atoms with Gasteiger partial charge in [-0.25, -0.2) is 8.42 Å². The van der Waals surface area contributed by atoms with E-state index in [1.807, 2.05) is 32.3 Å². The number of Topliss-reactive ketones (excluding diaryl/α,β-unsaturated/α-hetero) is 3. The van der Waals surface area contributed by atoms with Gasteiger partial charge in [-0.05, 0) is 70.2 Å². The molecule has 0 N–H and O–H groups in total. The summed E-state index contributed by atoms with van der Waals surface area (Å²) in [7, 11) is 0.104. The third-order valence-electron chi connectivity index (χ3n) is 7.06. The number of para-hydroxylation sites is 1. The number of ether oxygens (including phenoxy) is 2. The fourth-order valence-corrected chi connectivity index (χ4v) is 3.32. The van der Waals surface area contributed by atoms with Crippen LogP contribution in [0.2, 0.25) is 0 Å². The molecule has 0 aromatic heterocycles. The number of esters is 3. The number of ketones is 3. The van der Waals surface area contributed by atoms with Crippen molar-refractivity contribution in [2.45, 2.75) is 169 Å². The monoisotopic (exact) mass is 1270 g/mol. The van der Waals surface area contributed by atoms with Gasteiger partial charge in [-0.3, -0.25) is 32.4 Å². The highest BCUT2D eigenvalue weighted by Crippen LogP contribution is 2.49. The van der Waals surface area contributed by atoms with Crippen molar-refractivity contribution in [3.8, 4) is 0 Å². The van der Waals surface area contributed by atoms with Crippen LogP contribution < -0.4 is 4.90 Å². The molecule has 0 aliphatic heterocycles. The van der Waals surface area contributed by atoms with Gasteiger partial charge in [0.15, 0.2) is 5.41 Å². The van der Waals surface area contributed by atoms with Crippen LogP contribution in [0.3, 0.4) is 0 Å². The molecule has 3 aromatic carbocycles. The second-order valence-corrected chi connectivity index (χ2v) is 26.2. The molecule has 0 saturated heterocycles. The molecule has 0 bridgehead atoms. The van der Waals surface area contributed by atoms with Gasteiger partial charge in [-0.1, -0.05) is 161 Å². The van der Waals surface area contributed by atoms with Gasteiger partial charge in [-0.15, -0.1) is 0 Å². The minimum atomic E-state index is -5.24. The zero-order chi connectivity index (χ0) is 69.7. The Kier molecular flexibility index (Phi) is 66.5. The number of rotatable bonds is 6. The number of hydrogen-bond acceptors (Lipinski definition) is 15. The maximum Gasteiger partial charge on any atom is 0.402 e. The highest BCUT2D eigenvalue weighted by atomic mass is 32.2. The van der Waals surface area contributed by atoms with E-state index >= 15 is 0 Å². The van der Waals surface area contributed by atoms with E-state index in [0.29, 0.717) is 5.41 Å². The van der Waals surface area contributed by atoms with Crippen LogP contribution in [0.15, 0.2) is 91.0 Å². The van der Waals surface area contributed by atoms with E-state index in [4.69, 9.17) is 0 Å². The summed E-state index contributed by atoms with van der Waals surface area (Å²) < 4.78 is 130. The highest BCUT2D eigenvalue weighted by Gasteiger charge is 2.64. The van der Waals surface area contributed by atoms with Crippen molar-refractivity contribution in [1.82, 2.24) is 0 Å². The first-order chi connectivity index (χ1) is 37.4. The van der Waals surface area contributed by atoms with E-state index in [1.54, 1.807) is 12.5 Å². The summed E-state index contributed by atoms with van der Waals surface area (Å²) in [4.78, 5) is 60.8. The van der Waals surface area contributed by atoms with E-state index in [0.717, 1.165) is 25.9 Å². The van der Waals surface area contributed by atoms with Gasteiger partial charge in [0.05, 0.1) is 26.9 Å². The van der Waals surface area contributed by atoms with Crippen molar-refractivity contribution >= 4 is 71.7 Å². The Balaban J connectivity index is -0.0000000911. The average Bonchev–Trinajstić information content (AvgIpc) is 3.28. The minimum Gasteiger partial charge on any atom is -0.469 e. The SMILES string of the molecule is CC(=O)CC(C)=O.CC(=O)OC(C)=O.CC(C)(C(F)(F)F)C(F)(F)F.CC(C)(C)C.CC(C)(c1ccccc1)c1ccccc1.CC(C)=O.CCC.CCC.CN(C)c1ccccc1.COC(C)=O.COS(C)(=O)=O.CS(C)(=O)=O.CS(C)=O. The summed E-state index contributed by atoms with van der Waals surface area (Å²) in [6.45, 7) is 31.6. The first-order valence-electron chi connectivity index (χ1n) is 25.7. The topological polar surface area (TPSA) is 219 Å². The average molecular weight is 1270 g/mol. The quantitative estimate of drug-likeness (QED) is 0.0970. The van der Waals surface area contributed by atoms with Crippen LogP contribution in [0.4, 0.5) is 32.0 Å². The van der Waals surface area contributed by atoms with E-state index in [2.05, 4.69) is 161 Å². The summed E-state index contributed by atoms with van der Waals surface area (Å²) in [5.41, 5.74) is 0.924. The van der Waals surface area contributed by atoms with E-state index < -0.39 is 60.5 Å². The number of alkyl halides is 6. The number of methoxy groups -OCH3 is 1. The molecule has 84 heavy (non-hydrogen) atoms. The highest BCUT2D eigenvalue weighted by molar-refractivity contribution is 7.90. The summed E-state index contributed by atoms with van der Waals surface area (Å²) in [6, 6.07) is 31.5. The molecular formula is C60H105F6NO14S3. The molecule has 0 fully saturated rings. The van der Waals surface area contributed by atoms with Gasteiger partial charge in [0.2, 0.25) is 0 Å². The van der Waals surface area contributed by atoms with Gasteiger partial charge < -0.3 is 19.2 Å². The Bertz CT molecular complexity index is 2230. The van der Waals surface area contributed by atoms with Crippen LogP contribution in [0.1, 0.15) is 162 Å². The van der Waals surface area contributed by atoms with E-state index in [9.17, 15) is 76.2 Å². The van der Waals surface area contributed by atoms with Gasteiger partial charge in [0, 0.05) is 81.8 Å². The fourth-order valence-electron chi connectivity index (χ4n) is 3.32. The van der Waals surface area contributed by atoms with Crippen LogP contribution in [0, 0.1) is 10.8 Å². The standard InChI is InChI=1S/C15H16.C8H11N.C5H6F6.C5H8O2.C5H12.C4H6O3.C3H6O2.C3H6O.2C3H8.C2H6O3S.C2H6O2S.C2H6OS/c1-15(2,13-9-5-3-6-10-13)14-11-7-4-8-12-14;1-9(2)8-6-4-3-5-7-8;1-3(2,4(6,7)8)5(9,10)11;1-4(6)3-5(2)7;1-5(2,3)4;1-3(5)7-4(2)6;1-3(4)5-2;1-3(2)4;2*1-3-2;1-5-6(2,3)4;1-5(2,3)4;1-4(2)3/h3-12H,1-2H3;3-7H,1-2H3;1-2H3;3H2,1-2H3;1-4H3;1-2H3;1-2H3;1-2H3;2*3H2,1-2H3;1-2H3;1-2H3;1-2H3. The molecule has 0 unspecified atom stereocenters. The zero-order valence-electron chi connectivity index (χ0n) is 55.4. The number of carbonyl (C=O) groups is 6. The van der Waals surface area contributed by atoms with E-state index in [-0.39, 0.29) is 49.0 Å². The number of hydrogen-bond donors (Lipinski definition) is 0. The maximum atomic E-state index is 11.6. The van der Waals surface area contributed by atoms with Crippen molar-refractivity contribution in [1.29, 1.82) is 0 Å². The van der Waals surface area contributed by atoms with Gasteiger partial charge in [0.1, 0.15) is 27.2 Å². The number of halogens is 6. The molecule has 0 radical (unpaired) electrons. The first kappa shape index (κ1) is 101. The molecule has 0 aliphatic carbocycles.